The Morgan fingerprint density at radius 2 is 2.21 bits per heavy atom. The van der Waals surface area contributed by atoms with Crippen LogP contribution in [0.1, 0.15) is 6.92 Å². The molecule has 1 aromatic rings. The summed E-state index contributed by atoms with van der Waals surface area (Å²) in [4.78, 5) is 24.8. The van der Waals surface area contributed by atoms with Gasteiger partial charge in [0.1, 0.15) is 11.8 Å². The van der Waals surface area contributed by atoms with Gasteiger partial charge in [-0.25, -0.2) is 4.79 Å². The number of benzene rings is 1. The van der Waals surface area contributed by atoms with Crippen LogP contribution in [0, 0.1) is 0 Å². The minimum Gasteiger partial charge on any atom is -0.495 e. The molecular formula is C13H17N3O3. The molecule has 1 atom stereocenters. The summed E-state index contributed by atoms with van der Waals surface area (Å²) in [6.45, 7) is 2.64. The van der Waals surface area contributed by atoms with Crippen LogP contribution in [-0.2, 0) is 4.79 Å². The van der Waals surface area contributed by atoms with Crippen LogP contribution in [0.3, 0.4) is 0 Å². The van der Waals surface area contributed by atoms with Crippen molar-refractivity contribution < 1.29 is 14.3 Å². The van der Waals surface area contributed by atoms with E-state index in [-0.39, 0.29) is 11.9 Å². The standard InChI is InChI=1S/C13H17N3O3/c1-9(12(17)16-8-7-14-13(16)18)15-10-5-3-4-6-11(10)19-2/h3-6,9,15H,7-8H2,1-2H3,(H,14,18)/t9-/m1/s1. The summed E-state index contributed by atoms with van der Waals surface area (Å²) in [5.74, 6) is 0.411. The summed E-state index contributed by atoms with van der Waals surface area (Å²) in [5.41, 5.74) is 0.727. The summed E-state index contributed by atoms with van der Waals surface area (Å²) >= 11 is 0. The van der Waals surface area contributed by atoms with E-state index in [0.29, 0.717) is 18.8 Å². The quantitative estimate of drug-likeness (QED) is 0.851. The second-order valence-electron chi connectivity index (χ2n) is 4.29. The molecule has 19 heavy (non-hydrogen) atoms. The normalized spacial score (nSPS) is 15.9. The zero-order chi connectivity index (χ0) is 13.8. The van der Waals surface area contributed by atoms with Crippen molar-refractivity contribution in [2.45, 2.75) is 13.0 Å². The lowest BCUT2D eigenvalue weighted by Gasteiger charge is -2.20. The van der Waals surface area contributed by atoms with Crippen molar-refractivity contribution in [2.75, 3.05) is 25.5 Å². The van der Waals surface area contributed by atoms with Crippen molar-refractivity contribution in [3.05, 3.63) is 24.3 Å². The second-order valence-corrected chi connectivity index (χ2v) is 4.29. The van der Waals surface area contributed by atoms with Crippen molar-refractivity contribution in [1.29, 1.82) is 0 Å². The molecule has 0 saturated carbocycles. The first-order valence-electron chi connectivity index (χ1n) is 6.12. The zero-order valence-corrected chi connectivity index (χ0v) is 11.0. The van der Waals surface area contributed by atoms with Crippen molar-refractivity contribution in [3.8, 4) is 5.75 Å². The number of rotatable bonds is 4. The summed E-state index contributed by atoms with van der Waals surface area (Å²) < 4.78 is 5.21. The van der Waals surface area contributed by atoms with Gasteiger partial charge in [-0.2, -0.15) is 0 Å². The van der Waals surface area contributed by atoms with E-state index in [4.69, 9.17) is 4.74 Å². The van der Waals surface area contributed by atoms with Gasteiger partial charge in [0.2, 0.25) is 0 Å². The molecule has 1 aliphatic heterocycles. The molecule has 3 amide bonds. The van der Waals surface area contributed by atoms with Gasteiger partial charge >= 0.3 is 6.03 Å². The molecule has 0 aliphatic carbocycles. The summed E-state index contributed by atoms with van der Waals surface area (Å²) in [6.07, 6.45) is 0. The van der Waals surface area contributed by atoms with Gasteiger partial charge in [-0.3, -0.25) is 9.69 Å². The van der Waals surface area contributed by atoms with Gasteiger partial charge in [-0.05, 0) is 19.1 Å². The number of nitrogens with one attached hydrogen (secondary N) is 2. The van der Waals surface area contributed by atoms with Crippen LogP contribution in [0.2, 0.25) is 0 Å². The first kappa shape index (κ1) is 13.2. The predicted molar refractivity (Wildman–Crippen MR) is 71.2 cm³/mol. The molecule has 0 radical (unpaired) electrons. The van der Waals surface area contributed by atoms with E-state index in [0.717, 1.165) is 5.69 Å². The van der Waals surface area contributed by atoms with Crippen molar-refractivity contribution in [3.63, 3.8) is 0 Å². The number of nitrogens with zero attached hydrogens (tertiary/aromatic N) is 1. The lowest BCUT2D eigenvalue weighted by atomic mass is 10.2. The maximum Gasteiger partial charge on any atom is 0.324 e. The molecule has 1 saturated heterocycles. The van der Waals surface area contributed by atoms with Gasteiger partial charge in [0.25, 0.3) is 5.91 Å². The van der Waals surface area contributed by atoms with Crippen LogP contribution in [-0.4, -0.2) is 43.1 Å². The largest absolute Gasteiger partial charge is 0.495 e. The summed E-state index contributed by atoms with van der Waals surface area (Å²) in [7, 11) is 1.57. The second kappa shape index (κ2) is 5.60. The van der Waals surface area contributed by atoms with E-state index in [1.165, 1.54) is 4.90 Å². The molecule has 0 spiro atoms. The van der Waals surface area contributed by atoms with Crippen LogP contribution in [0.5, 0.6) is 5.75 Å². The Bertz CT molecular complexity index is 490. The average molecular weight is 263 g/mol. The number of carbonyl (C=O) groups excluding carboxylic acids is 2. The van der Waals surface area contributed by atoms with Gasteiger partial charge in [0.05, 0.1) is 12.8 Å². The van der Waals surface area contributed by atoms with Crippen molar-refractivity contribution in [1.82, 2.24) is 10.2 Å². The number of urea groups is 1. The Kier molecular flexibility index (Phi) is 3.89. The fourth-order valence-corrected chi connectivity index (χ4v) is 1.97. The molecule has 2 N–H and O–H groups in total. The smallest absolute Gasteiger partial charge is 0.324 e. The topological polar surface area (TPSA) is 70.7 Å². The van der Waals surface area contributed by atoms with E-state index >= 15 is 0 Å². The van der Waals surface area contributed by atoms with Gasteiger partial charge in [0, 0.05) is 13.1 Å². The number of methoxy groups -OCH3 is 1. The zero-order valence-electron chi connectivity index (χ0n) is 11.0. The number of carbonyl (C=O) groups is 2. The van der Waals surface area contributed by atoms with E-state index in [9.17, 15) is 9.59 Å². The minimum absolute atomic E-state index is 0.249. The van der Waals surface area contributed by atoms with E-state index in [2.05, 4.69) is 10.6 Å². The number of para-hydroxylation sites is 2. The Balaban J connectivity index is 2.06. The lowest BCUT2D eigenvalue weighted by Crippen LogP contribution is -2.43. The highest BCUT2D eigenvalue weighted by Gasteiger charge is 2.29. The molecule has 1 fully saturated rings. The average Bonchev–Trinajstić information content (AvgIpc) is 2.84. The SMILES string of the molecule is COc1ccccc1N[C@H](C)C(=O)N1CCNC1=O. The summed E-state index contributed by atoms with van der Waals surface area (Å²) in [5, 5.41) is 5.67. The van der Waals surface area contributed by atoms with E-state index in [1.54, 1.807) is 14.0 Å². The predicted octanol–water partition coefficient (Wildman–Crippen LogP) is 1.05. The maximum absolute atomic E-state index is 12.1. The molecule has 1 heterocycles. The highest BCUT2D eigenvalue weighted by molar-refractivity contribution is 5.99. The number of anilines is 1. The number of amides is 3. The molecule has 0 unspecified atom stereocenters. The van der Waals surface area contributed by atoms with Crippen LogP contribution < -0.4 is 15.4 Å². The monoisotopic (exact) mass is 263 g/mol. The number of imide groups is 1. The van der Waals surface area contributed by atoms with Crippen molar-refractivity contribution >= 4 is 17.6 Å². The van der Waals surface area contributed by atoms with E-state index < -0.39 is 6.04 Å². The molecule has 6 heteroatoms. The van der Waals surface area contributed by atoms with Gasteiger partial charge < -0.3 is 15.4 Å². The molecule has 6 nitrogen and oxygen atoms in total. The molecule has 0 aromatic heterocycles. The van der Waals surface area contributed by atoms with E-state index in [1.807, 2.05) is 24.3 Å². The molecular weight excluding hydrogens is 246 g/mol. The molecule has 102 valence electrons. The summed E-state index contributed by atoms with van der Waals surface area (Å²) in [6, 6.07) is 6.50. The third-order valence-electron chi connectivity index (χ3n) is 2.97. The van der Waals surface area contributed by atoms with Gasteiger partial charge in [-0.1, -0.05) is 12.1 Å². The number of ether oxygens (including phenoxy) is 1. The highest BCUT2D eigenvalue weighted by atomic mass is 16.5. The van der Waals surface area contributed by atoms with Crippen molar-refractivity contribution in [2.24, 2.45) is 0 Å². The molecule has 1 aliphatic rings. The Morgan fingerprint density at radius 1 is 1.47 bits per heavy atom. The van der Waals surface area contributed by atoms with Crippen LogP contribution >= 0.6 is 0 Å². The minimum atomic E-state index is -0.500. The lowest BCUT2D eigenvalue weighted by molar-refractivity contribution is -0.128. The first-order chi connectivity index (χ1) is 9.13. The maximum atomic E-state index is 12.1. The Hall–Kier alpha value is -2.24. The molecule has 2 rings (SSSR count). The van der Waals surface area contributed by atoms with Gasteiger partial charge in [-0.15, -0.1) is 0 Å². The fraction of sp³-hybridized carbons (Fsp3) is 0.385. The third kappa shape index (κ3) is 2.78. The van der Waals surface area contributed by atoms with Crippen LogP contribution in [0.25, 0.3) is 0 Å². The van der Waals surface area contributed by atoms with Crippen LogP contribution in [0.4, 0.5) is 10.5 Å². The molecule has 0 bridgehead atoms. The van der Waals surface area contributed by atoms with Crippen LogP contribution in [0.15, 0.2) is 24.3 Å². The highest BCUT2D eigenvalue weighted by Crippen LogP contribution is 2.24. The Morgan fingerprint density at radius 3 is 2.84 bits per heavy atom. The first-order valence-corrected chi connectivity index (χ1v) is 6.12. The Labute approximate surface area is 111 Å². The third-order valence-corrected chi connectivity index (χ3v) is 2.97. The molecule has 1 aromatic carbocycles. The number of hydrogen-bond acceptors (Lipinski definition) is 4. The van der Waals surface area contributed by atoms with Gasteiger partial charge in [0.15, 0.2) is 0 Å². The number of hydrogen-bond donors (Lipinski definition) is 2. The fourth-order valence-electron chi connectivity index (χ4n) is 1.97.